The first-order valence-electron chi connectivity index (χ1n) is 10.3. The van der Waals surface area contributed by atoms with E-state index in [0.717, 1.165) is 22.4 Å². The summed E-state index contributed by atoms with van der Waals surface area (Å²) in [6.07, 6.45) is 1.81. The van der Waals surface area contributed by atoms with E-state index in [1.165, 1.54) is 11.8 Å². The molecule has 1 heterocycles. The number of halogens is 1. The van der Waals surface area contributed by atoms with Gasteiger partial charge in [-0.1, -0.05) is 59.6 Å². The number of hydrogen-bond acceptors (Lipinski definition) is 5. The Bertz CT molecular complexity index is 1240. The van der Waals surface area contributed by atoms with Crippen LogP contribution >= 0.6 is 23.4 Å². The van der Waals surface area contributed by atoms with Gasteiger partial charge in [-0.3, -0.25) is 9.69 Å². The fraction of sp³-hybridized carbons (Fsp3) is 0.154. The Balaban J connectivity index is 1.63. The Kier molecular flexibility index (Phi) is 7.06. The van der Waals surface area contributed by atoms with E-state index in [0.29, 0.717) is 26.6 Å². The number of ether oxygens (including phenoxy) is 2. The fourth-order valence-corrected chi connectivity index (χ4v) is 4.42. The molecule has 0 aliphatic carbocycles. The highest BCUT2D eigenvalue weighted by atomic mass is 35.5. The third kappa shape index (κ3) is 5.24. The molecule has 1 aliphatic rings. The van der Waals surface area contributed by atoms with Crippen LogP contribution in [0.5, 0.6) is 11.5 Å². The maximum atomic E-state index is 12.9. The van der Waals surface area contributed by atoms with E-state index in [-0.39, 0.29) is 12.5 Å². The minimum absolute atomic E-state index is 0.120. The highest BCUT2D eigenvalue weighted by molar-refractivity contribution is 8.18. The van der Waals surface area contributed by atoms with Crippen LogP contribution in [0.2, 0.25) is 5.02 Å². The number of carbonyl (C=O) groups excluding carboxylic acids is 1. The number of para-hydroxylation sites is 1. The summed E-state index contributed by atoms with van der Waals surface area (Å²) in [5.41, 5.74) is 3.56. The molecule has 0 unspecified atom stereocenters. The topological polar surface area (TPSA) is 51.1 Å². The van der Waals surface area contributed by atoms with Gasteiger partial charge in [-0.2, -0.15) is 0 Å². The molecule has 1 fully saturated rings. The number of carbonyl (C=O) groups is 1. The number of aryl methyl sites for hydroxylation is 1. The molecular weight excluding hydrogens is 456 g/mol. The molecule has 1 aliphatic heterocycles. The van der Waals surface area contributed by atoms with Crippen molar-refractivity contribution in [1.82, 2.24) is 4.90 Å². The van der Waals surface area contributed by atoms with Crippen LogP contribution in [0.25, 0.3) is 6.08 Å². The van der Waals surface area contributed by atoms with Gasteiger partial charge >= 0.3 is 0 Å². The standard InChI is InChI=1S/C26H23ClN2O3S/c1-17-11-13-20(14-12-17)28-26-29(2)25(30)23(33-26)15-18-8-6-10-22(31-3)24(18)32-16-19-7-4-5-9-21(19)27/h4-15H,16H2,1-3H3/b23-15+,28-26?. The smallest absolute Gasteiger partial charge is 0.266 e. The molecule has 33 heavy (non-hydrogen) atoms. The molecule has 1 amide bonds. The number of aliphatic imine (C=N–C) groups is 1. The number of amidine groups is 1. The molecule has 4 rings (SSSR count). The molecule has 168 valence electrons. The van der Waals surface area contributed by atoms with Gasteiger partial charge in [0.2, 0.25) is 0 Å². The van der Waals surface area contributed by atoms with Crippen LogP contribution in [-0.2, 0) is 11.4 Å². The van der Waals surface area contributed by atoms with Crippen LogP contribution in [0.15, 0.2) is 76.6 Å². The minimum atomic E-state index is -0.120. The van der Waals surface area contributed by atoms with Crippen LogP contribution in [0, 0.1) is 6.92 Å². The van der Waals surface area contributed by atoms with Crippen LogP contribution in [0.1, 0.15) is 16.7 Å². The molecule has 0 aromatic heterocycles. The lowest BCUT2D eigenvalue weighted by Gasteiger charge is -2.14. The SMILES string of the molecule is COc1cccc(/C=C2/SC(=Nc3ccc(C)cc3)N(C)C2=O)c1OCc1ccccc1Cl. The molecule has 0 radical (unpaired) electrons. The van der Waals surface area contributed by atoms with Crippen molar-refractivity contribution in [3.05, 3.63) is 93.3 Å². The summed E-state index contributed by atoms with van der Waals surface area (Å²) in [4.78, 5) is 19.7. The molecule has 3 aromatic rings. The van der Waals surface area contributed by atoms with Crippen LogP contribution < -0.4 is 9.47 Å². The zero-order chi connectivity index (χ0) is 23.4. The van der Waals surface area contributed by atoms with Crippen LogP contribution in [0.4, 0.5) is 5.69 Å². The molecule has 0 bridgehead atoms. The van der Waals surface area contributed by atoms with Gasteiger partial charge in [0.25, 0.3) is 5.91 Å². The van der Waals surface area contributed by atoms with Gasteiger partial charge in [0.1, 0.15) is 6.61 Å². The first kappa shape index (κ1) is 23.0. The summed E-state index contributed by atoms with van der Waals surface area (Å²) in [5.74, 6) is 1.01. The third-order valence-electron chi connectivity index (χ3n) is 5.11. The third-order valence-corrected chi connectivity index (χ3v) is 6.54. The van der Waals surface area contributed by atoms with Crippen molar-refractivity contribution in [1.29, 1.82) is 0 Å². The number of amides is 1. The second-order valence-corrected chi connectivity index (χ2v) is 8.88. The molecule has 1 saturated heterocycles. The van der Waals surface area contributed by atoms with Crippen molar-refractivity contribution in [2.75, 3.05) is 14.2 Å². The number of methoxy groups -OCH3 is 1. The zero-order valence-corrected chi connectivity index (χ0v) is 20.1. The number of hydrogen-bond donors (Lipinski definition) is 0. The lowest BCUT2D eigenvalue weighted by atomic mass is 10.1. The van der Waals surface area contributed by atoms with Crippen molar-refractivity contribution in [3.8, 4) is 11.5 Å². The quantitative estimate of drug-likeness (QED) is 0.381. The van der Waals surface area contributed by atoms with Crippen LogP contribution in [0.3, 0.4) is 0 Å². The van der Waals surface area contributed by atoms with E-state index in [4.69, 9.17) is 21.1 Å². The second kappa shape index (κ2) is 10.1. The monoisotopic (exact) mass is 478 g/mol. The Morgan fingerprint density at radius 3 is 2.55 bits per heavy atom. The fourth-order valence-electron chi connectivity index (χ4n) is 3.25. The van der Waals surface area contributed by atoms with Gasteiger partial charge < -0.3 is 9.47 Å². The van der Waals surface area contributed by atoms with E-state index in [1.807, 2.05) is 79.7 Å². The minimum Gasteiger partial charge on any atom is -0.493 e. The molecular formula is C26H23ClN2O3S. The summed E-state index contributed by atoms with van der Waals surface area (Å²) < 4.78 is 11.6. The second-order valence-electron chi connectivity index (χ2n) is 7.46. The van der Waals surface area contributed by atoms with Crippen molar-refractivity contribution in [2.45, 2.75) is 13.5 Å². The molecule has 0 spiro atoms. The van der Waals surface area contributed by atoms with E-state index in [1.54, 1.807) is 19.1 Å². The number of rotatable bonds is 6. The summed E-state index contributed by atoms with van der Waals surface area (Å²) in [7, 11) is 3.31. The molecule has 0 saturated carbocycles. The lowest BCUT2D eigenvalue weighted by molar-refractivity contribution is -0.121. The van der Waals surface area contributed by atoms with Crippen molar-refractivity contribution in [3.63, 3.8) is 0 Å². The van der Waals surface area contributed by atoms with E-state index < -0.39 is 0 Å². The van der Waals surface area contributed by atoms with E-state index >= 15 is 0 Å². The predicted molar refractivity (Wildman–Crippen MR) is 135 cm³/mol. The Labute approximate surface area is 202 Å². The molecule has 0 N–H and O–H groups in total. The lowest BCUT2D eigenvalue weighted by Crippen LogP contribution is -2.23. The van der Waals surface area contributed by atoms with Gasteiger partial charge in [-0.25, -0.2) is 4.99 Å². The summed E-state index contributed by atoms with van der Waals surface area (Å²) in [6, 6.07) is 21.0. The highest BCUT2D eigenvalue weighted by Crippen LogP contribution is 2.38. The van der Waals surface area contributed by atoms with Crippen molar-refractivity contribution < 1.29 is 14.3 Å². The van der Waals surface area contributed by atoms with Gasteiger partial charge in [-0.05, 0) is 49.0 Å². The Hall–Kier alpha value is -3.22. The Morgan fingerprint density at radius 1 is 1.06 bits per heavy atom. The van der Waals surface area contributed by atoms with Crippen LogP contribution in [-0.4, -0.2) is 30.1 Å². The van der Waals surface area contributed by atoms with Crippen molar-refractivity contribution in [2.24, 2.45) is 4.99 Å². The summed E-state index contributed by atoms with van der Waals surface area (Å²) in [5, 5.41) is 1.25. The average Bonchev–Trinajstić information content (AvgIpc) is 3.08. The van der Waals surface area contributed by atoms with E-state index in [2.05, 4.69) is 4.99 Å². The Morgan fingerprint density at radius 2 is 1.82 bits per heavy atom. The van der Waals surface area contributed by atoms with Crippen molar-refractivity contribution >= 4 is 46.2 Å². The predicted octanol–water partition coefficient (Wildman–Crippen LogP) is 6.47. The van der Waals surface area contributed by atoms with Gasteiger partial charge in [0, 0.05) is 23.2 Å². The first-order chi connectivity index (χ1) is 16.0. The van der Waals surface area contributed by atoms with E-state index in [9.17, 15) is 4.79 Å². The number of likely N-dealkylation sites (N-methyl/N-ethyl adjacent to an activating group) is 1. The average molecular weight is 479 g/mol. The maximum absolute atomic E-state index is 12.9. The number of nitrogens with zero attached hydrogens (tertiary/aromatic N) is 2. The number of benzene rings is 3. The molecule has 5 nitrogen and oxygen atoms in total. The summed E-state index contributed by atoms with van der Waals surface area (Å²) >= 11 is 7.61. The zero-order valence-electron chi connectivity index (χ0n) is 18.5. The summed E-state index contributed by atoms with van der Waals surface area (Å²) in [6.45, 7) is 2.30. The molecule has 7 heteroatoms. The maximum Gasteiger partial charge on any atom is 0.266 e. The normalized spacial score (nSPS) is 16.0. The molecule has 3 aromatic carbocycles. The largest absolute Gasteiger partial charge is 0.493 e. The number of thioether (sulfide) groups is 1. The van der Waals surface area contributed by atoms with Gasteiger partial charge in [0.05, 0.1) is 17.7 Å². The first-order valence-corrected chi connectivity index (χ1v) is 11.5. The molecule has 0 atom stereocenters. The van der Waals surface area contributed by atoms with Gasteiger partial charge in [0.15, 0.2) is 16.7 Å². The van der Waals surface area contributed by atoms with Gasteiger partial charge in [-0.15, -0.1) is 0 Å². The highest BCUT2D eigenvalue weighted by Gasteiger charge is 2.30.